The van der Waals surface area contributed by atoms with Gasteiger partial charge in [-0.15, -0.1) is 0 Å². The predicted molar refractivity (Wildman–Crippen MR) is 132 cm³/mol. The summed E-state index contributed by atoms with van der Waals surface area (Å²) in [7, 11) is 2.14. The predicted octanol–water partition coefficient (Wildman–Crippen LogP) is 6.19. The smallest absolute Gasteiger partial charge is 0.319 e. The number of likely N-dealkylation sites (tertiary alicyclic amines) is 1. The molecule has 1 aliphatic rings. The van der Waals surface area contributed by atoms with Gasteiger partial charge in [-0.1, -0.05) is 86.6 Å². The van der Waals surface area contributed by atoms with Gasteiger partial charge in [-0.2, -0.15) is 0 Å². The third-order valence-electron chi connectivity index (χ3n) is 6.83. The quantitative estimate of drug-likeness (QED) is 0.525. The molecule has 1 saturated heterocycles. The molecule has 1 N–H and O–H groups in total. The normalized spacial score (nSPS) is 19.4. The molecule has 2 amide bonds. The number of hydrogen-bond donors (Lipinski definition) is 1. The first-order valence-corrected chi connectivity index (χ1v) is 11.7. The van der Waals surface area contributed by atoms with Gasteiger partial charge in [0.2, 0.25) is 0 Å². The summed E-state index contributed by atoms with van der Waals surface area (Å²) in [6, 6.07) is 24.9. The van der Waals surface area contributed by atoms with E-state index in [9.17, 15) is 4.79 Å². The van der Waals surface area contributed by atoms with E-state index in [0.29, 0.717) is 6.54 Å². The molecule has 1 heterocycles. The highest BCUT2D eigenvalue weighted by Crippen LogP contribution is 2.37. The Kier molecular flexibility index (Phi) is 6.52. The monoisotopic (exact) mass is 429 g/mol. The average molecular weight is 430 g/mol. The van der Waals surface area contributed by atoms with E-state index in [4.69, 9.17) is 0 Å². The highest BCUT2D eigenvalue weighted by molar-refractivity contribution is 5.86. The minimum absolute atomic E-state index is 0.0129. The van der Waals surface area contributed by atoms with E-state index in [0.717, 1.165) is 30.5 Å². The molecule has 1 fully saturated rings. The van der Waals surface area contributed by atoms with Gasteiger partial charge in [-0.25, -0.2) is 4.79 Å². The van der Waals surface area contributed by atoms with Crippen molar-refractivity contribution in [2.75, 3.05) is 13.6 Å². The summed E-state index contributed by atoms with van der Waals surface area (Å²) in [5, 5.41) is 5.71. The van der Waals surface area contributed by atoms with Crippen LogP contribution in [-0.2, 0) is 6.54 Å². The second-order valence-electron chi connectivity index (χ2n) is 9.80. The second-order valence-corrected chi connectivity index (χ2v) is 9.80. The van der Waals surface area contributed by atoms with E-state index in [1.807, 2.05) is 23.1 Å². The number of nitrogens with one attached hydrogen (secondary N) is 1. The van der Waals surface area contributed by atoms with Gasteiger partial charge in [0, 0.05) is 6.54 Å². The first kappa shape index (κ1) is 22.3. The third kappa shape index (κ3) is 4.66. The molecule has 3 aromatic carbocycles. The minimum Gasteiger partial charge on any atom is -0.331 e. The van der Waals surface area contributed by atoms with Crippen LogP contribution in [0.3, 0.4) is 0 Å². The van der Waals surface area contributed by atoms with Crippen molar-refractivity contribution >= 4 is 16.8 Å². The van der Waals surface area contributed by atoms with Crippen LogP contribution in [0.25, 0.3) is 10.8 Å². The zero-order valence-electron chi connectivity index (χ0n) is 19.7. The summed E-state index contributed by atoms with van der Waals surface area (Å²) in [4.78, 5) is 18.2. The van der Waals surface area contributed by atoms with Crippen molar-refractivity contribution in [3.8, 4) is 0 Å². The van der Waals surface area contributed by atoms with Gasteiger partial charge in [0.05, 0.1) is 12.2 Å². The Labute approximate surface area is 192 Å². The van der Waals surface area contributed by atoms with E-state index in [-0.39, 0.29) is 23.7 Å². The molecule has 2 unspecified atom stereocenters. The minimum atomic E-state index is -0.0936. The number of carbonyl (C=O) groups excluding carboxylic acids is 1. The fraction of sp³-hybridized carbons (Fsp3) is 0.393. The van der Waals surface area contributed by atoms with Crippen molar-refractivity contribution in [1.82, 2.24) is 15.1 Å². The molecule has 4 heteroatoms. The zero-order chi connectivity index (χ0) is 22.7. The van der Waals surface area contributed by atoms with Crippen molar-refractivity contribution in [1.29, 1.82) is 0 Å². The lowest BCUT2D eigenvalue weighted by atomic mass is 9.80. The van der Waals surface area contributed by atoms with Gasteiger partial charge in [-0.05, 0) is 60.7 Å². The molecule has 4 nitrogen and oxygen atoms in total. The molecule has 3 aromatic rings. The van der Waals surface area contributed by atoms with Crippen molar-refractivity contribution in [3.63, 3.8) is 0 Å². The molecule has 0 aromatic heterocycles. The van der Waals surface area contributed by atoms with Crippen molar-refractivity contribution in [3.05, 3.63) is 83.9 Å². The SMILES string of the molecule is CC(NC(=O)N(Cc1ccccc1)C1N(C)CCCC1(C)C)c1cccc2ccccc12. The standard InChI is InChI=1S/C28H35N3O/c1-21(24-17-10-15-23-14-8-9-16-25(23)24)29-27(32)31(20-22-12-6-5-7-13-22)26-28(2,3)18-11-19-30(26)4/h5-10,12-17,21,26H,11,18-20H2,1-4H3,(H,29,32). The topological polar surface area (TPSA) is 35.6 Å². The Bertz CT molecular complexity index is 1060. The summed E-state index contributed by atoms with van der Waals surface area (Å²) in [5.74, 6) is 0. The van der Waals surface area contributed by atoms with E-state index >= 15 is 0 Å². The molecule has 0 spiro atoms. The van der Waals surface area contributed by atoms with Crippen molar-refractivity contribution in [2.45, 2.75) is 52.4 Å². The molecular formula is C28H35N3O. The van der Waals surface area contributed by atoms with Gasteiger partial charge in [-0.3, -0.25) is 4.90 Å². The molecule has 32 heavy (non-hydrogen) atoms. The Morgan fingerprint density at radius 1 is 1.06 bits per heavy atom. The second kappa shape index (κ2) is 9.33. The van der Waals surface area contributed by atoms with Gasteiger partial charge >= 0.3 is 6.03 Å². The van der Waals surface area contributed by atoms with Crippen LogP contribution in [0.4, 0.5) is 4.79 Å². The van der Waals surface area contributed by atoms with Crippen LogP contribution in [-0.4, -0.2) is 35.6 Å². The Hall–Kier alpha value is -2.85. The Balaban J connectivity index is 1.63. The van der Waals surface area contributed by atoms with Crippen LogP contribution in [0.15, 0.2) is 72.8 Å². The van der Waals surface area contributed by atoms with Crippen molar-refractivity contribution < 1.29 is 4.79 Å². The number of urea groups is 1. The lowest BCUT2D eigenvalue weighted by molar-refractivity contribution is -0.0373. The number of amides is 2. The largest absolute Gasteiger partial charge is 0.331 e. The van der Waals surface area contributed by atoms with Crippen LogP contribution < -0.4 is 5.32 Å². The van der Waals surface area contributed by atoms with E-state index in [1.54, 1.807) is 0 Å². The molecule has 1 aliphatic heterocycles. The number of hydrogen-bond acceptors (Lipinski definition) is 2. The number of piperidine rings is 1. The summed E-state index contributed by atoms with van der Waals surface area (Å²) >= 11 is 0. The molecule has 168 valence electrons. The number of rotatable bonds is 5. The lowest BCUT2D eigenvalue weighted by Crippen LogP contribution is -2.60. The zero-order valence-corrected chi connectivity index (χ0v) is 19.7. The maximum absolute atomic E-state index is 13.8. The number of nitrogens with zero attached hydrogens (tertiary/aromatic N) is 2. The highest BCUT2D eigenvalue weighted by Gasteiger charge is 2.42. The fourth-order valence-corrected chi connectivity index (χ4v) is 5.32. The number of carbonyl (C=O) groups is 1. The van der Waals surface area contributed by atoms with Gasteiger partial charge < -0.3 is 10.2 Å². The highest BCUT2D eigenvalue weighted by atomic mass is 16.2. The summed E-state index contributed by atoms with van der Waals surface area (Å²) in [5.41, 5.74) is 2.31. The molecular weight excluding hydrogens is 394 g/mol. The van der Waals surface area contributed by atoms with Crippen LogP contribution in [0.5, 0.6) is 0 Å². The summed E-state index contributed by atoms with van der Waals surface area (Å²) < 4.78 is 0. The molecule has 0 radical (unpaired) electrons. The molecule has 4 rings (SSSR count). The summed E-state index contributed by atoms with van der Waals surface area (Å²) in [6.07, 6.45) is 2.31. The van der Waals surface area contributed by atoms with Crippen molar-refractivity contribution in [2.24, 2.45) is 5.41 Å². The third-order valence-corrected chi connectivity index (χ3v) is 6.83. The average Bonchev–Trinajstić information content (AvgIpc) is 2.78. The van der Waals surface area contributed by atoms with Gasteiger partial charge in [0.1, 0.15) is 0 Å². The van der Waals surface area contributed by atoms with Gasteiger partial charge in [0.25, 0.3) is 0 Å². The number of benzene rings is 3. The maximum Gasteiger partial charge on any atom is 0.319 e. The van der Waals surface area contributed by atoms with E-state index in [1.165, 1.54) is 10.8 Å². The van der Waals surface area contributed by atoms with Gasteiger partial charge in [0.15, 0.2) is 0 Å². The van der Waals surface area contributed by atoms with E-state index < -0.39 is 0 Å². The molecule has 0 aliphatic carbocycles. The molecule has 2 atom stereocenters. The van der Waals surface area contributed by atoms with E-state index in [2.05, 4.69) is 92.6 Å². The van der Waals surface area contributed by atoms with Crippen LogP contribution in [0, 0.1) is 5.41 Å². The molecule has 0 bridgehead atoms. The number of fused-ring (bicyclic) bond motifs is 1. The Morgan fingerprint density at radius 2 is 1.75 bits per heavy atom. The van der Waals surface area contributed by atoms with Crippen LogP contribution >= 0.6 is 0 Å². The molecule has 0 saturated carbocycles. The van der Waals surface area contributed by atoms with Crippen LogP contribution in [0.2, 0.25) is 0 Å². The maximum atomic E-state index is 13.8. The lowest BCUT2D eigenvalue weighted by Gasteiger charge is -2.50. The first-order chi connectivity index (χ1) is 15.4. The summed E-state index contributed by atoms with van der Waals surface area (Å²) in [6.45, 7) is 8.24. The Morgan fingerprint density at radius 3 is 2.50 bits per heavy atom. The first-order valence-electron chi connectivity index (χ1n) is 11.7. The van der Waals surface area contributed by atoms with Crippen LogP contribution in [0.1, 0.15) is 50.8 Å². The fourth-order valence-electron chi connectivity index (χ4n) is 5.32.